The lowest BCUT2D eigenvalue weighted by Gasteiger charge is -2.30. The fourth-order valence-electron chi connectivity index (χ4n) is 3.19. The minimum atomic E-state index is -0.827. The van der Waals surface area contributed by atoms with Gasteiger partial charge in [0.25, 0.3) is 5.91 Å². The molecule has 1 atom stereocenters. The summed E-state index contributed by atoms with van der Waals surface area (Å²) in [7, 11) is 0. The normalized spacial score (nSPS) is 18.3. The predicted octanol–water partition coefficient (Wildman–Crippen LogP) is 2.14. The van der Waals surface area contributed by atoms with Gasteiger partial charge in [0.2, 0.25) is 0 Å². The second-order valence-corrected chi connectivity index (χ2v) is 6.12. The fraction of sp³-hybridized carbons (Fsp3) is 0.471. The molecule has 0 aliphatic carbocycles. The van der Waals surface area contributed by atoms with Crippen molar-refractivity contribution in [2.75, 3.05) is 13.1 Å². The Kier molecular flexibility index (Phi) is 4.07. The number of amides is 1. The molecule has 6 nitrogen and oxygen atoms in total. The number of carbonyl (C=O) groups excluding carboxylic acids is 1. The molecule has 1 unspecified atom stereocenters. The molecule has 1 amide bonds. The van der Waals surface area contributed by atoms with Gasteiger partial charge in [0, 0.05) is 19.3 Å². The van der Waals surface area contributed by atoms with E-state index in [0.717, 1.165) is 23.3 Å². The Bertz CT molecular complexity index is 766. The minimum absolute atomic E-state index is 0.120. The van der Waals surface area contributed by atoms with Crippen molar-refractivity contribution in [2.24, 2.45) is 5.92 Å². The van der Waals surface area contributed by atoms with E-state index < -0.39 is 11.9 Å². The van der Waals surface area contributed by atoms with E-state index in [-0.39, 0.29) is 12.5 Å². The van der Waals surface area contributed by atoms with Gasteiger partial charge in [-0.15, -0.1) is 0 Å². The second-order valence-electron chi connectivity index (χ2n) is 6.12. The average molecular weight is 315 g/mol. The number of pyridine rings is 1. The van der Waals surface area contributed by atoms with Crippen LogP contribution in [0.3, 0.4) is 0 Å². The smallest absolute Gasteiger partial charge is 0.308 e. The molecular formula is C17H21N3O3. The maximum Gasteiger partial charge on any atom is 0.308 e. The molecule has 2 aromatic rings. The maximum absolute atomic E-state index is 13.0. The number of piperidine rings is 1. The zero-order valence-corrected chi connectivity index (χ0v) is 13.5. The lowest BCUT2D eigenvalue weighted by molar-refractivity contribution is -0.143. The Labute approximate surface area is 134 Å². The molecule has 0 spiro atoms. The van der Waals surface area contributed by atoms with Crippen LogP contribution in [0.25, 0.3) is 5.65 Å². The van der Waals surface area contributed by atoms with E-state index in [1.807, 2.05) is 36.6 Å². The van der Waals surface area contributed by atoms with Crippen molar-refractivity contribution in [1.82, 2.24) is 14.3 Å². The van der Waals surface area contributed by atoms with E-state index in [9.17, 15) is 14.7 Å². The van der Waals surface area contributed by atoms with Crippen molar-refractivity contribution in [2.45, 2.75) is 33.1 Å². The summed E-state index contributed by atoms with van der Waals surface area (Å²) in [5.74, 6) is -1.42. The van der Waals surface area contributed by atoms with Crippen LogP contribution in [0.1, 0.15) is 41.5 Å². The minimum Gasteiger partial charge on any atom is -0.481 e. The number of hydrogen-bond donors (Lipinski definition) is 1. The van der Waals surface area contributed by atoms with E-state index in [0.29, 0.717) is 25.1 Å². The molecule has 1 saturated heterocycles. The molecule has 3 heterocycles. The molecule has 0 radical (unpaired) electrons. The fourth-order valence-corrected chi connectivity index (χ4v) is 3.19. The third-order valence-corrected chi connectivity index (χ3v) is 4.43. The number of carboxylic acid groups (broad SMARTS) is 1. The van der Waals surface area contributed by atoms with E-state index in [1.54, 1.807) is 4.90 Å². The van der Waals surface area contributed by atoms with Crippen LogP contribution in [-0.4, -0.2) is 44.4 Å². The summed E-state index contributed by atoms with van der Waals surface area (Å²) >= 11 is 0. The summed E-state index contributed by atoms with van der Waals surface area (Å²) in [6.45, 7) is 4.82. The number of rotatable bonds is 3. The molecule has 3 rings (SSSR count). The van der Waals surface area contributed by atoms with Crippen LogP contribution >= 0.6 is 0 Å². The lowest BCUT2D eigenvalue weighted by atomic mass is 9.98. The number of fused-ring (bicyclic) bond motifs is 1. The van der Waals surface area contributed by atoms with Crippen LogP contribution in [0.4, 0.5) is 0 Å². The van der Waals surface area contributed by atoms with Crippen LogP contribution in [0, 0.1) is 12.8 Å². The first-order valence-corrected chi connectivity index (χ1v) is 8.01. The highest BCUT2D eigenvalue weighted by molar-refractivity contribution is 5.95. The van der Waals surface area contributed by atoms with Gasteiger partial charge in [0.1, 0.15) is 11.3 Å². The van der Waals surface area contributed by atoms with Crippen molar-refractivity contribution in [3.8, 4) is 0 Å². The number of hydrogen-bond acceptors (Lipinski definition) is 3. The lowest BCUT2D eigenvalue weighted by Crippen LogP contribution is -2.43. The van der Waals surface area contributed by atoms with Gasteiger partial charge in [0.05, 0.1) is 11.6 Å². The molecule has 1 aliphatic heterocycles. The summed E-state index contributed by atoms with van der Waals surface area (Å²) in [6.07, 6.45) is 3.93. The molecule has 6 heteroatoms. The van der Waals surface area contributed by atoms with Crippen LogP contribution in [0.5, 0.6) is 0 Å². The zero-order valence-electron chi connectivity index (χ0n) is 13.5. The Morgan fingerprint density at radius 3 is 2.87 bits per heavy atom. The Morgan fingerprint density at radius 2 is 2.17 bits per heavy atom. The number of carboxylic acids is 1. The van der Waals surface area contributed by atoms with Crippen LogP contribution in [0.15, 0.2) is 18.3 Å². The van der Waals surface area contributed by atoms with Crippen molar-refractivity contribution >= 4 is 17.5 Å². The number of carbonyl (C=O) groups is 2. The number of likely N-dealkylation sites (tertiary alicyclic amines) is 1. The summed E-state index contributed by atoms with van der Waals surface area (Å²) in [5, 5.41) is 9.22. The highest BCUT2D eigenvalue weighted by atomic mass is 16.4. The summed E-state index contributed by atoms with van der Waals surface area (Å²) in [5.41, 5.74) is 3.13. The second kappa shape index (κ2) is 6.02. The maximum atomic E-state index is 13.0. The van der Waals surface area contributed by atoms with Crippen LogP contribution < -0.4 is 0 Å². The van der Waals surface area contributed by atoms with Gasteiger partial charge < -0.3 is 10.0 Å². The van der Waals surface area contributed by atoms with Gasteiger partial charge in [-0.25, -0.2) is 4.98 Å². The average Bonchev–Trinajstić information content (AvgIpc) is 2.91. The number of nitrogens with zero attached hydrogens (tertiary/aromatic N) is 3. The molecular weight excluding hydrogens is 294 g/mol. The van der Waals surface area contributed by atoms with Crippen molar-refractivity contribution in [1.29, 1.82) is 0 Å². The molecule has 23 heavy (non-hydrogen) atoms. The quantitative estimate of drug-likeness (QED) is 0.941. The van der Waals surface area contributed by atoms with E-state index in [2.05, 4.69) is 4.98 Å². The molecule has 2 aromatic heterocycles. The SMILES string of the molecule is CCc1nc2ccc(C)cn2c1C(=O)N1CCCC(C(=O)O)C1. The van der Waals surface area contributed by atoms with Crippen molar-refractivity contribution < 1.29 is 14.7 Å². The number of imidazole rings is 1. The third-order valence-electron chi connectivity index (χ3n) is 4.43. The van der Waals surface area contributed by atoms with Gasteiger partial charge in [-0.1, -0.05) is 13.0 Å². The van der Waals surface area contributed by atoms with E-state index in [4.69, 9.17) is 0 Å². The first-order valence-electron chi connectivity index (χ1n) is 8.01. The van der Waals surface area contributed by atoms with Gasteiger partial charge >= 0.3 is 5.97 Å². The highest BCUT2D eigenvalue weighted by Crippen LogP contribution is 2.22. The zero-order chi connectivity index (χ0) is 16.6. The van der Waals surface area contributed by atoms with Crippen LogP contribution in [-0.2, 0) is 11.2 Å². The molecule has 0 aromatic carbocycles. The van der Waals surface area contributed by atoms with Crippen molar-refractivity contribution in [3.63, 3.8) is 0 Å². The molecule has 1 aliphatic rings. The van der Waals surface area contributed by atoms with Crippen molar-refractivity contribution in [3.05, 3.63) is 35.3 Å². The first-order chi connectivity index (χ1) is 11.0. The molecule has 122 valence electrons. The first kappa shape index (κ1) is 15.5. The molecule has 0 saturated carbocycles. The Balaban J connectivity index is 2.00. The predicted molar refractivity (Wildman–Crippen MR) is 85.6 cm³/mol. The molecule has 1 fully saturated rings. The topological polar surface area (TPSA) is 74.9 Å². The van der Waals surface area contributed by atoms with Gasteiger partial charge in [-0.05, 0) is 37.8 Å². The third kappa shape index (κ3) is 2.81. The molecule has 0 bridgehead atoms. The number of aromatic nitrogens is 2. The summed E-state index contributed by atoms with van der Waals surface area (Å²) in [6, 6.07) is 3.87. The van der Waals surface area contributed by atoms with Gasteiger partial charge in [0.15, 0.2) is 0 Å². The molecule has 1 N–H and O–H groups in total. The van der Waals surface area contributed by atoms with Gasteiger partial charge in [-0.2, -0.15) is 0 Å². The Hall–Kier alpha value is -2.37. The van der Waals surface area contributed by atoms with E-state index >= 15 is 0 Å². The van der Waals surface area contributed by atoms with E-state index in [1.165, 1.54) is 0 Å². The highest BCUT2D eigenvalue weighted by Gasteiger charge is 2.31. The summed E-state index contributed by atoms with van der Waals surface area (Å²) in [4.78, 5) is 30.4. The van der Waals surface area contributed by atoms with Gasteiger partial charge in [-0.3, -0.25) is 14.0 Å². The monoisotopic (exact) mass is 315 g/mol. The summed E-state index contributed by atoms with van der Waals surface area (Å²) < 4.78 is 1.83. The number of aryl methyl sites for hydroxylation is 2. The Morgan fingerprint density at radius 1 is 1.39 bits per heavy atom. The number of aliphatic carboxylic acids is 1. The van der Waals surface area contributed by atoms with Crippen LogP contribution in [0.2, 0.25) is 0 Å². The standard InChI is InChI=1S/C17H21N3O3/c1-3-13-15(20-9-11(2)6-7-14(20)18-13)16(21)19-8-4-5-12(10-19)17(22)23/h6-7,9,12H,3-5,8,10H2,1-2H3,(H,22,23). The largest absolute Gasteiger partial charge is 0.481 e.